The highest BCUT2D eigenvalue weighted by molar-refractivity contribution is 7.21. The van der Waals surface area contributed by atoms with Crippen LogP contribution in [0.4, 0.5) is 5.13 Å². The first-order valence-electron chi connectivity index (χ1n) is 11.3. The van der Waals surface area contributed by atoms with Crippen molar-refractivity contribution in [2.45, 2.75) is 52.2 Å². The topological polar surface area (TPSA) is 119 Å². The Hall–Kier alpha value is -3.60. The van der Waals surface area contributed by atoms with Crippen molar-refractivity contribution in [1.82, 2.24) is 30.0 Å². The van der Waals surface area contributed by atoms with Gasteiger partial charge < -0.3 is 14.7 Å². The van der Waals surface area contributed by atoms with Gasteiger partial charge in [0.2, 0.25) is 11.7 Å². The maximum atomic E-state index is 13.2. The Bertz CT molecular complexity index is 1390. The van der Waals surface area contributed by atoms with Crippen LogP contribution in [0.5, 0.6) is 0 Å². The molecule has 11 heteroatoms. The molecule has 0 spiro atoms. The zero-order valence-electron chi connectivity index (χ0n) is 19.2. The fourth-order valence-corrected chi connectivity index (χ4v) is 5.27. The summed E-state index contributed by atoms with van der Waals surface area (Å²) >= 11 is 1.30. The molecule has 1 aromatic carbocycles. The summed E-state index contributed by atoms with van der Waals surface area (Å²) in [5.74, 6) is 0.937. The lowest BCUT2D eigenvalue weighted by Gasteiger charge is -2.25. The fourth-order valence-electron chi connectivity index (χ4n) is 4.27. The predicted molar refractivity (Wildman–Crippen MR) is 129 cm³/mol. The van der Waals surface area contributed by atoms with Crippen LogP contribution in [-0.4, -0.2) is 43.2 Å². The van der Waals surface area contributed by atoms with E-state index in [1.165, 1.54) is 15.9 Å². The predicted octanol–water partition coefficient (Wildman–Crippen LogP) is 3.08. The second kappa shape index (κ2) is 8.98. The zero-order chi connectivity index (χ0) is 23.8. The normalized spacial score (nSPS) is 16.8. The molecule has 4 heterocycles. The minimum absolute atomic E-state index is 0.0472. The summed E-state index contributed by atoms with van der Waals surface area (Å²) in [5.41, 5.74) is 1.07. The number of nitrogens with one attached hydrogen (secondary N) is 1. The lowest BCUT2D eigenvalue weighted by molar-refractivity contribution is -0.122. The molecule has 1 fully saturated rings. The Morgan fingerprint density at radius 3 is 2.76 bits per heavy atom. The van der Waals surface area contributed by atoms with Crippen molar-refractivity contribution >= 4 is 32.7 Å². The minimum atomic E-state index is -0.349. The third-order valence-electron chi connectivity index (χ3n) is 6.00. The van der Waals surface area contributed by atoms with E-state index in [2.05, 4.69) is 25.4 Å². The van der Waals surface area contributed by atoms with Crippen LogP contribution in [0.3, 0.4) is 0 Å². The SMILES string of the molecule is CCn1c(-c2nc(C)no2)nc2sc(N3CCCC3C(=O)N[C@H](C)c3ccccc3)nc2c1=O. The second-order valence-electron chi connectivity index (χ2n) is 8.27. The number of thiazole rings is 1. The van der Waals surface area contributed by atoms with Gasteiger partial charge in [-0.3, -0.25) is 14.2 Å². The van der Waals surface area contributed by atoms with E-state index >= 15 is 0 Å². The molecule has 3 aromatic heterocycles. The monoisotopic (exact) mass is 479 g/mol. The average Bonchev–Trinajstić information content (AvgIpc) is 3.58. The van der Waals surface area contributed by atoms with Gasteiger partial charge in [0.15, 0.2) is 21.3 Å². The average molecular weight is 480 g/mol. The number of aryl methyl sites for hydroxylation is 1. The lowest BCUT2D eigenvalue weighted by atomic mass is 10.1. The minimum Gasteiger partial charge on any atom is -0.348 e. The van der Waals surface area contributed by atoms with E-state index in [-0.39, 0.29) is 35.0 Å². The Morgan fingerprint density at radius 2 is 2.06 bits per heavy atom. The smallest absolute Gasteiger partial charge is 0.294 e. The van der Waals surface area contributed by atoms with Gasteiger partial charge in [0, 0.05) is 13.1 Å². The quantitative estimate of drug-likeness (QED) is 0.448. The standard InChI is InChI=1S/C23H25N7O3S/c1-4-29-18(20-25-14(3)28-33-20)27-21-17(22(29)32)26-23(34-21)30-12-8-11-16(30)19(31)24-13(2)15-9-6-5-7-10-15/h5-7,9-10,13,16H,4,8,11-12H2,1-3H3,(H,24,31)/t13-,16?/m1/s1. The van der Waals surface area contributed by atoms with Crippen molar-refractivity contribution in [2.24, 2.45) is 0 Å². The molecule has 1 aliphatic heterocycles. The lowest BCUT2D eigenvalue weighted by Crippen LogP contribution is -2.44. The van der Waals surface area contributed by atoms with Gasteiger partial charge in [0.25, 0.3) is 11.4 Å². The number of hydrogen-bond acceptors (Lipinski definition) is 9. The highest BCUT2D eigenvalue weighted by atomic mass is 32.1. The van der Waals surface area contributed by atoms with Crippen LogP contribution in [-0.2, 0) is 11.3 Å². The van der Waals surface area contributed by atoms with Crippen LogP contribution < -0.4 is 15.8 Å². The molecule has 176 valence electrons. The molecule has 4 aromatic rings. The zero-order valence-corrected chi connectivity index (χ0v) is 20.0. The molecule has 1 amide bonds. The molecule has 1 aliphatic rings. The van der Waals surface area contributed by atoms with E-state index in [0.29, 0.717) is 34.7 Å². The van der Waals surface area contributed by atoms with Crippen molar-refractivity contribution in [1.29, 1.82) is 0 Å². The van der Waals surface area contributed by atoms with Gasteiger partial charge in [0.1, 0.15) is 6.04 Å². The van der Waals surface area contributed by atoms with Gasteiger partial charge in [0.05, 0.1) is 6.04 Å². The molecule has 5 rings (SSSR count). The van der Waals surface area contributed by atoms with Crippen LogP contribution in [0, 0.1) is 6.92 Å². The van der Waals surface area contributed by atoms with E-state index in [9.17, 15) is 9.59 Å². The van der Waals surface area contributed by atoms with Gasteiger partial charge in [-0.1, -0.05) is 46.8 Å². The molecule has 0 saturated carbocycles. The van der Waals surface area contributed by atoms with E-state index in [1.54, 1.807) is 6.92 Å². The van der Waals surface area contributed by atoms with E-state index in [1.807, 2.05) is 49.1 Å². The molecule has 1 unspecified atom stereocenters. The van der Waals surface area contributed by atoms with Crippen molar-refractivity contribution in [3.8, 4) is 11.7 Å². The molecule has 1 N–H and O–H groups in total. The van der Waals surface area contributed by atoms with Crippen LogP contribution in [0.15, 0.2) is 39.6 Å². The number of carbonyl (C=O) groups excluding carboxylic acids is 1. The second-order valence-corrected chi connectivity index (χ2v) is 9.23. The molecule has 2 atom stereocenters. The van der Waals surface area contributed by atoms with E-state index in [4.69, 9.17) is 4.52 Å². The first kappa shape index (κ1) is 22.2. The van der Waals surface area contributed by atoms with Gasteiger partial charge in [-0.25, -0.2) is 9.97 Å². The van der Waals surface area contributed by atoms with Gasteiger partial charge in [-0.15, -0.1) is 0 Å². The van der Waals surface area contributed by atoms with Crippen LogP contribution in [0.2, 0.25) is 0 Å². The molecular formula is C23H25N7O3S. The number of aromatic nitrogens is 5. The van der Waals surface area contributed by atoms with Crippen molar-refractivity contribution < 1.29 is 9.32 Å². The Kier molecular flexibility index (Phi) is 5.86. The summed E-state index contributed by atoms with van der Waals surface area (Å²) in [5, 5.41) is 7.55. The van der Waals surface area contributed by atoms with Gasteiger partial charge in [-0.05, 0) is 39.2 Å². The molecule has 0 aliphatic carbocycles. The third kappa shape index (κ3) is 3.96. The molecule has 0 radical (unpaired) electrons. The summed E-state index contributed by atoms with van der Waals surface area (Å²) in [6.07, 6.45) is 1.59. The van der Waals surface area contributed by atoms with E-state index < -0.39 is 0 Å². The van der Waals surface area contributed by atoms with Crippen LogP contribution in [0.25, 0.3) is 22.1 Å². The number of benzene rings is 1. The number of hydrogen-bond donors (Lipinski definition) is 1. The number of rotatable bonds is 6. The van der Waals surface area contributed by atoms with Crippen molar-refractivity contribution in [2.75, 3.05) is 11.4 Å². The summed E-state index contributed by atoms with van der Waals surface area (Å²) in [6, 6.07) is 9.41. The molecular weight excluding hydrogens is 454 g/mol. The Labute approximate surface area is 199 Å². The maximum absolute atomic E-state index is 13.2. The number of nitrogens with zero attached hydrogens (tertiary/aromatic N) is 6. The fraction of sp³-hybridized carbons (Fsp3) is 0.391. The molecule has 34 heavy (non-hydrogen) atoms. The third-order valence-corrected chi connectivity index (χ3v) is 6.99. The van der Waals surface area contributed by atoms with Crippen LogP contribution >= 0.6 is 11.3 Å². The van der Waals surface area contributed by atoms with Gasteiger partial charge in [-0.2, -0.15) is 4.98 Å². The largest absolute Gasteiger partial charge is 0.348 e. The molecule has 1 saturated heterocycles. The summed E-state index contributed by atoms with van der Waals surface area (Å²) in [7, 11) is 0. The summed E-state index contributed by atoms with van der Waals surface area (Å²) in [6.45, 7) is 6.61. The number of amides is 1. The number of anilines is 1. The highest BCUT2D eigenvalue weighted by Gasteiger charge is 2.34. The van der Waals surface area contributed by atoms with Gasteiger partial charge >= 0.3 is 0 Å². The number of fused-ring (bicyclic) bond motifs is 1. The summed E-state index contributed by atoms with van der Waals surface area (Å²) < 4.78 is 6.74. The first-order chi connectivity index (χ1) is 16.5. The van der Waals surface area contributed by atoms with Crippen molar-refractivity contribution in [3.63, 3.8) is 0 Å². The Balaban J connectivity index is 1.46. The molecule has 10 nitrogen and oxygen atoms in total. The highest BCUT2D eigenvalue weighted by Crippen LogP contribution is 2.33. The molecule has 0 bridgehead atoms. The van der Waals surface area contributed by atoms with E-state index in [0.717, 1.165) is 18.4 Å². The van der Waals surface area contributed by atoms with Crippen LogP contribution in [0.1, 0.15) is 44.1 Å². The maximum Gasteiger partial charge on any atom is 0.294 e. The number of carbonyl (C=O) groups is 1. The summed E-state index contributed by atoms with van der Waals surface area (Å²) in [4.78, 5) is 42.3. The Morgan fingerprint density at radius 1 is 1.26 bits per heavy atom. The van der Waals surface area contributed by atoms with Crippen molar-refractivity contribution in [3.05, 3.63) is 52.1 Å². The first-order valence-corrected chi connectivity index (χ1v) is 12.1.